The summed E-state index contributed by atoms with van der Waals surface area (Å²) in [6.07, 6.45) is 4.88. The van der Waals surface area contributed by atoms with Crippen molar-refractivity contribution in [3.8, 4) is 11.4 Å². The fourth-order valence-corrected chi connectivity index (χ4v) is 2.95. The van der Waals surface area contributed by atoms with Crippen molar-refractivity contribution < 1.29 is 5.11 Å². The molecule has 2 heterocycles. The van der Waals surface area contributed by atoms with E-state index in [2.05, 4.69) is 16.9 Å². The molecule has 0 saturated carbocycles. The van der Waals surface area contributed by atoms with Crippen LogP contribution in [0.15, 0.2) is 30.5 Å². The number of nitrogens with two attached hydrogens (primary N) is 1. The minimum absolute atomic E-state index is 0.260. The lowest BCUT2D eigenvalue weighted by Crippen LogP contribution is -2.39. The number of aromatic hydroxyl groups is 1. The van der Waals surface area contributed by atoms with Crippen LogP contribution in [0.4, 0.5) is 5.69 Å². The molecule has 0 spiro atoms. The van der Waals surface area contributed by atoms with Crippen LogP contribution < -0.4 is 10.6 Å². The summed E-state index contributed by atoms with van der Waals surface area (Å²) in [7, 11) is 0. The highest BCUT2D eigenvalue weighted by Gasteiger charge is 2.21. The second-order valence-corrected chi connectivity index (χ2v) is 5.59. The Morgan fingerprint density at radius 2 is 2.10 bits per heavy atom. The molecule has 1 fully saturated rings. The van der Waals surface area contributed by atoms with Crippen LogP contribution in [0.1, 0.15) is 25.5 Å². The van der Waals surface area contributed by atoms with Crippen LogP contribution in [0.25, 0.3) is 5.69 Å². The molecule has 1 aliphatic rings. The second-order valence-electron chi connectivity index (χ2n) is 5.59. The van der Waals surface area contributed by atoms with Gasteiger partial charge in [-0.3, -0.25) is 0 Å². The van der Waals surface area contributed by atoms with E-state index in [0.29, 0.717) is 6.04 Å². The van der Waals surface area contributed by atoms with Gasteiger partial charge in [-0.15, -0.1) is 0 Å². The lowest BCUT2D eigenvalue weighted by molar-refractivity contribution is 0.474. The number of nitrogens with zero attached hydrogens (tertiary/aromatic N) is 3. The smallest absolute Gasteiger partial charge is 0.117 e. The zero-order chi connectivity index (χ0) is 14.8. The minimum atomic E-state index is 0.260. The Hall–Kier alpha value is -2.01. The van der Waals surface area contributed by atoms with E-state index < -0.39 is 0 Å². The molecule has 1 aromatic heterocycles. The first-order chi connectivity index (χ1) is 10.2. The van der Waals surface area contributed by atoms with Crippen LogP contribution in [0.2, 0.25) is 0 Å². The molecule has 21 heavy (non-hydrogen) atoms. The Morgan fingerprint density at radius 3 is 2.76 bits per heavy atom. The van der Waals surface area contributed by atoms with Crippen LogP contribution in [0.5, 0.6) is 5.75 Å². The van der Waals surface area contributed by atoms with Crippen LogP contribution in [0, 0.1) is 0 Å². The largest absolute Gasteiger partial charge is 0.508 e. The molecule has 0 aliphatic carbocycles. The van der Waals surface area contributed by atoms with Crippen molar-refractivity contribution in [2.75, 3.05) is 18.0 Å². The molecule has 0 atom stereocenters. The molecule has 5 heteroatoms. The summed E-state index contributed by atoms with van der Waals surface area (Å²) in [5.41, 5.74) is 9.24. The van der Waals surface area contributed by atoms with Gasteiger partial charge in [-0.1, -0.05) is 13.0 Å². The molecular weight excluding hydrogens is 264 g/mol. The van der Waals surface area contributed by atoms with E-state index in [1.165, 1.54) is 11.4 Å². The summed E-state index contributed by atoms with van der Waals surface area (Å²) < 4.78 is 1.92. The molecule has 0 unspecified atom stereocenters. The van der Waals surface area contributed by atoms with Gasteiger partial charge >= 0.3 is 0 Å². The molecule has 2 aromatic rings. The predicted molar refractivity (Wildman–Crippen MR) is 84.0 cm³/mol. The second kappa shape index (κ2) is 5.77. The Kier molecular flexibility index (Phi) is 3.84. The first-order valence-corrected chi connectivity index (χ1v) is 7.56. The fraction of sp³-hybridized carbons (Fsp3) is 0.438. The van der Waals surface area contributed by atoms with Crippen molar-refractivity contribution in [2.45, 2.75) is 32.2 Å². The van der Waals surface area contributed by atoms with Crippen molar-refractivity contribution >= 4 is 5.69 Å². The number of rotatable bonds is 3. The number of piperidine rings is 1. The van der Waals surface area contributed by atoms with E-state index in [1.807, 2.05) is 23.0 Å². The molecule has 0 bridgehead atoms. The van der Waals surface area contributed by atoms with E-state index in [4.69, 9.17) is 5.73 Å². The van der Waals surface area contributed by atoms with Gasteiger partial charge in [-0.05, 0) is 31.4 Å². The summed E-state index contributed by atoms with van der Waals surface area (Å²) in [5, 5.41) is 14.2. The molecule has 3 rings (SSSR count). The van der Waals surface area contributed by atoms with Crippen LogP contribution in [-0.2, 0) is 6.42 Å². The quantitative estimate of drug-likeness (QED) is 0.906. The minimum Gasteiger partial charge on any atom is -0.508 e. The number of anilines is 1. The standard InChI is InChI=1S/C16H22N4O/c1-2-15-16(19-8-6-12(17)7-9-19)11-18-20(15)13-4-3-5-14(21)10-13/h3-5,10-12,21H,2,6-9,17H2,1H3. The monoisotopic (exact) mass is 286 g/mol. The van der Waals surface area contributed by atoms with Crippen molar-refractivity contribution in [3.05, 3.63) is 36.2 Å². The van der Waals surface area contributed by atoms with Crippen LogP contribution >= 0.6 is 0 Å². The molecule has 1 saturated heterocycles. The molecule has 1 aliphatic heterocycles. The molecule has 0 amide bonds. The molecule has 0 radical (unpaired) electrons. The maximum absolute atomic E-state index is 9.66. The van der Waals surface area contributed by atoms with Gasteiger partial charge < -0.3 is 15.7 Å². The first kappa shape index (κ1) is 13.9. The number of aromatic nitrogens is 2. The Labute approximate surface area is 125 Å². The maximum atomic E-state index is 9.66. The molecule has 112 valence electrons. The van der Waals surface area contributed by atoms with E-state index >= 15 is 0 Å². The molecule has 3 N–H and O–H groups in total. The van der Waals surface area contributed by atoms with Crippen molar-refractivity contribution in [2.24, 2.45) is 5.73 Å². The van der Waals surface area contributed by atoms with Gasteiger partial charge in [0.05, 0.1) is 23.3 Å². The summed E-state index contributed by atoms with van der Waals surface area (Å²) in [5.74, 6) is 0.260. The normalized spacial score (nSPS) is 16.4. The number of phenolic OH excluding ortho intramolecular Hbond substituents is 1. The maximum Gasteiger partial charge on any atom is 0.117 e. The Morgan fingerprint density at radius 1 is 1.33 bits per heavy atom. The van der Waals surface area contributed by atoms with E-state index in [9.17, 15) is 5.11 Å². The van der Waals surface area contributed by atoms with Gasteiger partial charge in [0, 0.05) is 25.2 Å². The third-order valence-corrected chi connectivity index (χ3v) is 4.14. The Balaban J connectivity index is 1.93. The highest BCUT2D eigenvalue weighted by atomic mass is 16.3. The number of benzene rings is 1. The average molecular weight is 286 g/mol. The lowest BCUT2D eigenvalue weighted by atomic mass is 10.1. The molecule has 1 aromatic carbocycles. The zero-order valence-corrected chi connectivity index (χ0v) is 12.4. The number of phenols is 1. The average Bonchev–Trinajstić information content (AvgIpc) is 2.92. The number of hydrogen-bond acceptors (Lipinski definition) is 4. The third-order valence-electron chi connectivity index (χ3n) is 4.14. The van der Waals surface area contributed by atoms with Gasteiger partial charge in [0.2, 0.25) is 0 Å². The van der Waals surface area contributed by atoms with Crippen molar-refractivity contribution in [1.29, 1.82) is 0 Å². The summed E-state index contributed by atoms with van der Waals surface area (Å²) in [4.78, 5) is 2.37. The number of hydrogen-bond donors (Lipinski definition) is 2. The molecular formula is C16H22N4O. The van der Waals surface area contributed by atoms with Gasteiger partial charge in [0.1, 0.15) is 5.75 Å². The summed E-state index contributed by atoms with van der Waals surface area (Å²) >= 11 is 0. The summed E-state index contributed by atoms with van der Waals surface area (Å²) in [6, 6.07) is 7.54. The van der Waals surface area contributed by atoms with Crippen LogP contribution in [-0.4, -0.2) is 34.0 Å². The van der Waals surface area contributed by atoms with Crippen LogP contribution in [0.3, 0.4) is 0 Å². The SMILES string of the molecule is CCc1c(N2CCC(N)CC2)cnn1-c1cccc(O)c1. The van der Waals surface area contributed by atoms with Crippen molar-refractivity contribution in [3.63, 3.8) is 0 Å². The highest BCUT2D eigenvalue weighted by molar-refractivity contribution is 5.53. The van der Waals surface area contributed by atoms with Gasteiger partial charge in [0.25, 0.3) is 0 Å². The summed E-state index contributed by atoms with van der Waals surface area (Å²) in [6.45, 7) is 4.11. The fourth-order valence-electron chi connectivity index (χ4n) is 2.95. The van der Waals surface area contributed by atoms with E-state index in [-0.39, 0.29) is 5.75 Å². The van der Waals surface area contributed by atoms with Gasteiger partial charge in [0.15, 0.2) is 0 Å². The third kappa shape index (κ3) is 2.74. The van der Waals surface area contributed by atoms with Gasteiger partial charge in [-0.2, -0.15) is 5.10 Å². The topological polar surface area (TPSA) is 67.3 Å². The predicted octanol–water partition coefficient (Wildman–Crippen LogP) is 2.07. The molecule has 5 nitrogen and oxygen atoms in total. The van der Waals surface area contributed by atoms with E-state index in [0.717, 1.165) is 38.0 Å². The first-order valence-electron chi connectivity index (χ1n) is 7.56. The zero-order valence-electron chi connectivity index (χ0n) is 12.4. The Bertz CT molecular complexity index is 614. The highest BCUT2D eigenvalue weighted by Crippen LogP contribution is 2.27. The lowest BCUT2D eigenvalue weighted by Gasteiger charge is -2.31. The van der Waals surface area contributed by atoms with Crippen molar-refractivity contribution in [1.82, 2.24) is 9.78 Å². The van der Waals surface area contributed by atoms with E-state index in [1.54, 1.807) is 12.1 Å². The van der Waals surface area contributed by atoms with Gasteiger partial charge in [-0.25, -0.2) is 4.68 Å².